The summed E-state index contributed by atoms with van der Waals surface area (Å²) in [6.07, 6.45) is 0. The molecule has 1 unspecified atom stereocenters. The van der Waals surface area contributed by atoms with E-state index in [2.05, 4.69) is 71.7 Å². The second kappa shape index (κ2) is 6.99. The Hall–Kier alpha value is -0.483. The second-order valence-corrected chi connectivity index (χ2v) is 32.9. The maximum atomic E-state index is 5.39. The molecule has 0 N–H and O–H groups in total. The number of benzene rings is 2. The summed E-state index contributed by atoms with van der Waals surface area (Å²) in [5, 5.41) is 0. The first-order valence-electron chi connectivity index (χ1n) is 6.78. The predicted octanol–water partition coefficient (Wildman–Crippen LogP) is 2.86. The molecule has 2 aromatic rings. The summed E-state index contributed by atoms with van der Waals surface area (Å²) in [4.78, 5) is 0. The van der Waals surface area contributed by atoms with Crippen molar-refractivity contribution in [1.82, 2.24) is 0 Å². The van der Waals surface area contributed by atoms with Crippen molar-refractivity contribution in [2.45, 2.75) is 23.7 Å². The van der Waals surface area contributed by atoms with Gasteiger partial charge in [0, 0.05) is 0 Å². The molecule has 0 aliphatic heterocycles. The fourth-order valence-electron chi connectivity index (χ4n) is 2.42. The Kier molecular flexibility index (Phi) is 5.55. The van der Waals surface area contributed by atoms with Crippen LogP contribution in [0, 0.1) is 0 Å². The first-order chi connectivity index (χ1) is 9.57. The van der Waals surface area contributed by atoms with E-state index in [1.165, 1.54) is 5.56 Å². The summed E-state index contributed by atoms with van der Waals surface area (Å²) in [6, 6.07) is 20.0. The van der Waals surface area contributed by atoms with Gasteiger partial charge in [-0.1, -0.05) is 0 Å². The maximum absolute atomic E-state index is 5.39. The fourth-order valence-corrected chi connectivity index (χ4v) is 21.7. The SMILES string of the molecule is COCc1ccccc1[As+](C)(C)[As](C)c1ccccc1. The van der Waals surface area contributed by atoms with Crippen molar-refractivity contribution in [2.75, 3.05) is 7.11 Å². The van der Waals surface area contributed by atoms with Crippen LogP contribution in [-0.2, 0) is 11.3 Å². The first-order valence-corrected chi connectivity index (χ1v) is 19.5. The minimum atomic E-state index is -1.83. The average Bonchev–Trinajstić information content (AvgIpc) is 2.48. The van der Waals surface area contributed by atoms with Crippen LogP contribution in [-0.4, -0.2) is 31.2 Å². The Morgan fingerprint density at radius 3 is 2.20 bits per heavy atom. The van der Waals surface area contributed by atoms with Crippen LogP contribution in [0.4, 0.5) is 0 Å². The molecule has 0 radical (unpaired) electrons. The Morgan fingerprint density at radius 2 is 1.55 bits per heavy atom. The molecule has 2 aromatic carbocycles. The number of hydrogen-bond acceptors (Lipinski definition) is 1. The fraction of sp³-hybridized carbons (Fsp3) is 0.294. The van der Waals surface area contributed by atoms with Crippen molar-refractivity contribution >= 4 is 32.8 Å². The zero-order valence-corrected chi connectivity index (χ0v) is 16.5. The Labute approximate surface area is 128 Å². The first kappa shape index (κ1) is 15.9. The Morgan fingerprint density at radius 1 is 0.950 bits per heavy atom. The molecule has 0 fully saturated rings. The van der Waals surface area contributed by atoms with Gasteiger partial charge in [-0.15, -0.1) is 0 Å². The topological polar surface area (TPSA) is 9.23 Å². The number of hydrogen-bond donors (Lipinski definition) is 0. The van der Waals surface area contributed by atoms with Gasteiger partial charge in [0.1, 0.15) is 0 Å². The molecule has 0 bridgehead atoms. The minimum absolute atomic E-state index is 0.734. The van der Waals surface area contributed by atoms with Crippen LogP contribution in [0.5, 0.6) is 0 Å². The summed E-state index contributed by atoms with van der Waals surface area (Å²) in [6.45, 7) is 0.734. The summed E-state index contributed by atoms with van der Waals surface area (Å²) in [5.74, 6) is 0. The van der Waals surface area contributed by atoms with E-state index in [1.54, 1.807) is 15.8 Å². The van der Waals surface area contributed by atoms with E-state index < -0.39 is 24.1 Å². The Bertz CT molecular complexity index is 552. The van der Waals surface area contributed by atoms with E-state index in [0.29, 0.717) is 0 Å². The van der Waals surface area contributed by atoms with Gasteiger partial charge in [-0.25, -0.2) is 0 Å². The molecule has 2 rings (SSSR count). The summed E-state index contributed by atoms with van der Waals surface area (Å²) in [5.41, 5.74) is 9.03. The number of ether oxygens (including phenoxy) is 1. The monoisotopic (exact) mass is 393 g/mol. The normalized spacial score (nSPS) is 13.2. The van der Waals surface area contributed by atoms with Gasteiger partial charge in [-0.3, -0.25) is 0 Å². The standard InChI is InChI=1S/C17H23As2O/c1-18(16-11-6-5-7-12-16)19(2,3)17-13-9-8-10-15(17)14-20-4/h5-13H,14H2,1-4H3/q+1. The van der Waals surface area contributed by atoms with E-state index >= 15 is 0 Å². The third kappa shape index (κ3) is 3.40. The molecule has 0 saturated heterocycles. The molecular formula is C17H23As2O+. The van der Waals surface area contributed by atoms with Gasteiger partial charge in [-0.2, -0.15) is 0 Å². The van der Waals surface area contributed by atoms with Gasteiger partial charge in [0.15, 0.2) is 0 Å². The molecule has 0 spiro atoms. The van der Waals surface area contributed by atoms with Crippen molar-refractivity contribution in [3.8, 4) is 0 Å². The summed E-state index contributed by atoms with van der Waals surface area (Å²) in [7, 11) is 1.79. The van der Waals surface area contributed by atoms with E-state index in [-0.39, 0.29) is 0 Å². The van der Waals surface area contributed by atoms with Crippen molar-refractivity contribution < 1.29 is 4.74 Å². The van der Waals surface area contributed by atoms with Crippen molar-refractivity contribution in [3.05, 3.63) is 60.2 Å². The molecule has 106 valence electrons. The van der Waals surface area contributed by atoms with Gasteiger partial charge < -0.3 is 0 Å². The third-order valence-electron chi connectivity index (χ3n) is 3.76. The molecule has 0 aromatic heterocycles. The van der Waals surface area contributed by atoms with Crippen molar-refractivity contribution in [1.29, 1.82) is 0 Å². The van der Waals surface area contributed by atoms with E-state index in [9.17, 15) is 0 Å². The quantitative estimate of drug-likeness (QED) is 0.711. The Balaban J connectivity index is 2.39. The number of rotatable bonds is 5. The molecule has 0 amide bonds. The molecule has 0 saturated carbocycles. The molecule has 0 heterocycles. The summed E-state index contributed by atoms with van der Waals surface area (Å²) < 4.78 is 8.60. The van der Waals surface area contributed by atoms with Crippen LogP contribution in [0.3, 0.4) is 0 Å². The van der Waals surface area contributed by atoms with E-state index in [0.717, 1.165) is 6.61 Å². The zero-order chi connectivity index (χ0) is 14.6. The molecule has 1 atom stereocenters. The van der Waals surface area contributed by atoms with Crippen LogP contribution in [0.1, 0.15) is 5.56 Å². The van der Waals surface area contributed by atoms with E-state index in [1.807, 2.05) is 0 Å². The van der Waals surface area contributed by atoms with Gasteiger partial charge in [-0.05, 0) is 0 Å². The average molecular weight is 393 g/mol. The molecule has 0 aliphatic rings. The van der Waals surface area contributed by atoms with Gasteiger partial charge in [0.25, 0.3) is 0 Å². The second-order valence-electron chi connectivity index (χ2n) is 5.32. The molecule has 20 heavy (non-hydrogen) atoms. The summed E-state index contributed by atoms with van der Waals surface area (Å²) >= 11 is -2.84. The molecular weight excluding hydrogens is 370 g/mol. The van der Waals surface area contributed by atoms with Crippen LogP contribution < -0.4 is 8.70 Å². The van der Waals surface area contributed by atoms with Crippen molar-refractivity contribution in [2.24, 2.45) is 0 Å². The van der Waals surface area contributed by atoms with Gasteiger partial charge in [0.2, 0.25) is 0 Å². The van der Waals surface area contributed by atoms with Crippen LogP contribution >= 0.6 is 0 Å². The van der Waals surface area contributed by atoms with Crippen LogP contribution in [0.25, 0.3) is 0 Å². The van der Waals surface area contributed by atoms with Crippen LogP contribution in [0.15, 0.2) is 54.6 Å². The van der Waals surface area contributed by atoms with Gasteiger partial charge >= 0.3 is 129 Å². The molecule has 3 heteroatoms. The van der Waals surface area contributed by atoms with Gasteiger partial charge in [0.05, 0.1) is 0 Å². The molecule has 0 aliphatic carbocycles. The third-order valence-corrected chi connectivity index (χ3v) is 33.7. The predicted molar refractivity (Wildman–Crippen MR) is 92.0 cm³/mol. The number of methoxy groups -OCH3 is 1. The van der Waals surface area contributed by atoms with Crippen molar-refractivity contribution in [3.63, 3.8) is 0 Å². The molecule has 1 nitrogen and oxygen atoms in total. The van der Waals surface area contributed by atoms with E-state index in [4.69, 9.17) is 4.74 Å². The van der Waals surface area contributed by atoms with Crippen LogP contribution in [0.2, 0.25) is 17.1 Å². The zero-order valence-electron chi connectivity index (χ0n) is 12.7.